The lowest BCUT2D eigenvalue weighted by atomic mass is 9.97. The molecule has 2 fully saturated rings. The van der Waals surface area contributed by atoms with Crippen LogP contribution < -0.4 is 18.9 Å². The van der Waals surface area contributed by atoms with Crippen LogP contribution in [-0.2, 0) is 14.2 Å². The van der Waals surface area contributed by atoms with Gasteiger partial charge in [0.05, 0.1) is 18.8 Å². The molecule has 0 aliphatic heterocycles. The Bertz CT molecular complexity index is 3680. The summed E-state index contributed by atoms with van der Waals surface area (Å²) in [6.07, 6.45) is 19.6. The first-order valence-electron chi connectivity index (χ1n) is 40.6. The average Bonchev–Trinajstić information content (AvgIpc) is 0.801. The van der Waals surface area contributed by atoms with Crippen LogP contribution in [0.15, 0.2) is 231 Å². The molecule has 0 radical (unpaired) electrons. The average molecular weight is 1450 g/mol. The second kappa shape index (κ2) is 49.6. The molecule has 0 aromatic heterocycles. The van der Waals surface area contributed by atoms with E-state index >= 15 is 0 Å². The lowest BCUT2D eigenvalue weighted by Crippen LogP contribution is -2.26. The van der Waals surface area contributed by atoms with Crippen LogP contribution in [0.4, 0.5) is 0 Å². The van der Waals surface area contributed by atoms with Crippen molar-refractivity contribution in [3.63, 3.8) is 0 Å². The van der Waals surface area contributed by atoms with Crippen LogP contribution in [0.1, 0.15) is 275 Å². The van der Waals surface area contributed by atoms with Crippen LogP contribution in [0, 0.1) is 0 Å². The molecule has 9 heteroatoms. The van der Waals surface area contributed by atoms with Crippen molar-refractivity contribution in [2.45, 2.75) is 273 Å². The highest BCUT2D eigenvalue weighted by Crippen LogP contribution is 2.40. The minimum absolute atomic E-state index is 0.160. The van der Waals surface area contributed by atoms with Crippen molar-refractivity contribution < 1.29 is 43.4 Å². The number of phenolic OH excluding ortho intramolecular Hbond substituents is 2. The molecule has 2 N–H and O–H groups in total. The van der Waals surface area contributed by atoms with Crippen LogP contribution in [0.2, 0.25) is 0 Å². The van der Waals surface area contributed by atoms with Gasteiger partial charge in [0, 0.05) is 11.1 Å². The molecule has 578 valence electrons. The molecule has 9 atom stereocenters. The van der Waals surface area contributed by atoms with E-state index in [1.165, 1.54) is 110 Å². The Balaban J connectivity index is 0.000000215. The second-order valence-corrected chi connectivity index (χ2v) is 29.1. The van der Waals surface area contributed by atoms with Crippen LogP contribution >= 0.6 is 0 Å². The number of aromatic hydroxyl groups is 2. The Labute approximate surface area is 646 Å². The summed E-state index contributed by atoms with van der Waals surface area (Å²) in [6.45, 7) is 33.3. The zero-order valence-corrected chi connectivity index (χ0v) is 67.8. The van der Waals surface area contributed by atoms with Crippen LogP contribution in [-0.4, -0.2) is 54.5 Å². The summed E-state index contributed by atoms with van der Waals surface area (Å²) in [5.74, 6) is 7.79. The van der Waals surface area contributed by atoms with E-state index in [9.17, 15) is 0 Å². The van der Waals surface area contributed by atoms with E-state index in [-0.39, 0.29) is 18.9 Å². The molecule has 0 bridgehead atoms. The molecule has 107 heavy (non-hydrogen) atoms. The molecule has 0 saturated heterocycles. The molecule has 0 amide bonds. The van der Waals surface area contributed by atoms with E-state index in [1.54, 1.807) is 18.2 Å². The molecule has 9 nitrogen and oxygen atoms in total. The topological polar surface area (TPSA) is 105 Å². The van der Waals surface area contributed by atoms with Crippen LogP contribution in [0.5, 0.6) is 34.5 Å². The molecule has 0 heterocycles. The van der Waals surface area contributed by atoms with Gasteiger partial charge in [-0.05, 0) is 226 Å². The van der Waals surface area contributed by atoms with E-state index in [0.29, 0.717) is 72.4 Å². The minimum Gasteiger partial charge on any atom is -0.508 e. The van der Waals surface area contributed by atoms with Gasteiger partial charge < -0.3 is 43.4 Å². The maximum Gasteiger partial charge on any atom is 0.197 e. The molecule has 11 rings (SSSR count). The first-order valence-corrected chi connectivity index (χ1v) is 40.6. The van der Waals surface area contributed by atoms with Crippen LogP contribution in [0.3, 0.4) is 0 Å². The molecular formula is C98H132O9. The van der Waals surface area contributed by atoms with Gasteiger partial charge in [0.1, 0.15) is 41.1 Å². The largest absolute Gasteiger partial charge is 0.508 e. The fourth-order valence-electron chi connectivity index (χ4n) is 12.8. The number of hydrogen-bond donors (Lipinski definition) is 2. The maximum absolute atomic E-state index is 9.16. The van der Waals surface area contributed by atoms with Gasteiger partial charge in [0.15, 0.2) is 18.9 Å². The Morgan fingerprint density at radius 3 is 1.05 bits per heavy atom. The molecule has 2 aliphatic carbocycles. The van der Waals surface area contributed by atoms with Crippen molar-refractivity contribution >= 4 is 0 Å². The van der Waals surface area contributed by atoms with Gasteiger partial charge in [0.2, 0.25) is 0 Å². The highest BCUT2D eigenvalue weighted by molar-refractivity contribution is 5.82. The summed E-state index contributed by atoms with van der Waals surface area (Å²) in [6, 6.07) is 77.6. The van der Waals surface area contributed by atoms with Gasteiger partial charge in [-0.3, -0.25) is 0 Å². The van der Waals surface area contributed by atoms with Crippen LogP contribution in [0.25, 0.3) is 22.3 Å². The smallest absolute Gasteiger partial charge is 0.197 e. The van der Waals surface area contributed by atoms with Gasteiger partial charge >= 0.3 is 0 Å². The monoisotopic (exact) mass is 1450 g/mol. The second-order valence-electron chi connectivity index (χ2n) is 29.1. The van der Waals surface area contributed by atoms with E-state index in [4.69, 9.17) is 43.4 Å². The third kappa shape index (κ3) is 32.2. The van der Waals surface area contributed by atoms with Gasteiger partial charge in [-0.2, -0.15) is 0 Å². The molecule has 9 aromatic carbocycles. The number of benzene rings is 9. The van der Waals surface area contributed by atoms with Gasteiger partial charge in [-0.25, -0.2) is 0 Å². The number of rotatable bonds is 29. The molecule has 2 aliphatic rings. The lowest BCUT2D eigenvalue weighted by Gasteiger charge is -2.26. The quantitative estimate of drug-likeness (QED) is 0.0350. The highest BCUT2D eigenvalue weighted by Gasteiger charge is 2.21. The summed E-state index contributed by atoms with van der Waals surface area (Å²) >= 11 is 0. The van der Waals surface area contributed by atoms with Crippen molar-refractivity contribution in [3.05, 3.63) is 264 Å². The van der Waals surface area contributed by atoms with Crippen molar-refractivity contribution in [1.82, 2.24) is 0 Å². The highest BCUT2D eigenvalue weighted by atomic mass is 16.7. The summed E-state index contributed by atoms with van der Waals surface area (Å²) in [5.41, 5.74) is 12.4. The number of ether oxygens (including phenoxy) is 7. The Hall–Kier alpha value is -8.34. The maximum atomic E-state index is 9.16. The number of phenols is 2. The first-order chi connectivity index (χ1) is 51.8. The van der Waals surface area contributed by atoms with Gasteiger partial charge in [-0.15, -0.1) is 0 Å². The van der Waals surface area contributed by atoms with Gasteiger partial charge in [-0.1, -0.05) is 291 Å². The van der Waals surface area contributed by atoms with Gasteiger partial charge in [0.25, 0.3) is 0 Å². The third-order valence-corrected chi connectivity index (χ3v) is 20.9. The predicted molar refractivity (Wildman–Crippen MR) is 449 cm³/mol. The SMILES string of the molecule is CCC(C)c1ccc(O)cc1.CCC(C)c1ccc(OC(C)OC2CCCCC2)cc1.CCC(C)c1ccc(OC(C)OCCOc2c(-c3ccccc3)cccc2-c2ccccc2)cc1.CCC(C)c1cccc(O)c1.CCC(C)c1cccc(OC(C)OC2CCCCC2)c1.CCC(C)c1ccccc1. The number of hydrogen-bond acceptors (Lipinski definition) is 9. The van der Waals surface area contributed by atoms with Crippen molar-refractivity contribution in [1.29, 1.82) is 0 Å². The van der Waals surface area contributed by atoms with Crippen molar-refractivity contribution in [2.75, 3.05) is 13.2 Å². The summed E-state index contributed by atoms with van der Waals surface area (Å²) < 4.78 is 42.0. The molecule has 9 aromatic rings. The zero-order valence-electron chi connectivity index (χ0n) is 67.8. The zero-order chi connectivity index (χ0) is 77.1. The molecule has 0 spiro atoms. The molecule has 2 saturated carbocycles. The minimum atomic E-state index is -0.369. The van der Waals surface area contributed by atoms with E-state index in [1.807, 2.05) is 106 Å². The summed E-state index contributed by atoms with van der Waals surface area (Å²) in [5, 5.41) is 18.2. The number of para-hydroxylation sites is 1. The van der Waals surface area contributed by atoms with E-state index in [0.717, 1.165) is 70.9 Å². The summed E-state index contributed by atoms with van der Waals surface area (Å²) in [7, 11) is 0. The normalized spacial score (nSPS) is 15.3. The molecule has 9 unspecified atom stereocenters. The summed E-state index contributed by atoms with van der Waals surface area (Å²) in [4.78, 5) is 0. The Kier molecular flexibility index (Phi) is 40.6. The first kappa shape index (κ1) is 87.6. The standard InChI is InChI=1S/C32H34O3.2C18H28O2.2C10H14O.C10H14/c1-4-24(2)26-18-20-29(21-19-26)35-25(3)33-22-23-34-32-30(27-12-7-5-8-13-27)16-11-17-31(32)28-14-9-6-10-15-28;1-4-14(2)16-9-8-12-18(13-16)20-15(3)19-17-10-6-5-7-11-17;1-4-14(2)16-10-12-18(13-11-16)20-15(3)19-17-8-6-5-7-9-17;1-3-8(2)9-4-6-10(11)7-5-9;1-3-8(2)9-5-4-6-10(11)7-9;1-3-9(2)10-7-5-4-6-8-10/h5-21,24-25H,4,22-23H2,1-3H3;8-9,12-15,17H,4-7,10-11H2,1-3H3;10-15,17H,4-9H2,1-3H3;2*4-8,11H,3H2,1-2H3;4-9H,3H2,1-2H3. The third-order valence-electron chi connectivity index (χ3n) is 20.9. The molecular weight excluding hydrogens is 1320 g/mol. The fourth-order valence-corrected chi connectivity index (χ4v) is 12.8. The van der Waals surface area contributed by atoms with E-state index < -0.39 is 0 Å². The fraction of sp³-hybridized carbons (Fsp3) is 0.449. The van der Waals surface area contributed by atoms with Crippen molar-refractivity contribution in [3.8, 4) is 56.8 Å². The van der Waals surface area contributed by atoms with Crippen molar-refractivity contribution in [2.24, 2.45) is 0 Å². The Morgan fingerprint density at radius 1 is 0.299 bits per heavy atom. The lowest BCUT2D eigenvalue weighted by molar-refractivity contribution is -0.117. The van der Waals surface area contributed by atoms with E-state index in [2.05, 4.69) is 210 Å². The predicted octanol–water partition coefficient (Wildman–Crippen LogP) is 27.9. The Morgan fingerprint density at radius 2 is 0.636 bits per heavy atom.